The van der Waals surface area contributed by atoms with Crippen LogP contribution in [0.4, 0.5) is 5.69 Å². The average molecular weight is 420 g/mol. The molecule has 0 unspecified atom stereocenters. The van der Waals surface area contributed by atoms with Crippen LogP contribution in [0, 0.1) is 23.7 Å². The van der Waals surface area contributed by atoms with E-state index in [9.17, 15) is 9.59 Å². The summed E-state index contributed by atoms with van der Waals surface area (Å²) in [5.74, 6) is -0.653. The summed E-state index contributed by atoms with van der Waals surface area (Å²) in [4.78, 5) is 27.9. The molecule has 5 rings (SSSR count). The SMILES string of the molecule is CC(=C1[C@H]2C=C[C@H]1[C@H]1C(=O)N(c3cccc(Br)c3)C(=O)[C@H]12)c1ccccc1. The number of benzene rings is 2. The van der Waals surface area contributed by atoms with Crippen molar-refractivity contribution in [1.82, 2.24) is 0 Å². The lowest BCUT2D eigenvalue weighted by Crippen LogP contribution is -2.33. The van der Waals surface area contributed by atoms with Crippen LogP contribution < -0.4 is 4.90 Å². The monoisotopic (exact) mass is 419 g/mol. The van der Waals surface area contributed by atoms with E-state index in [1.54, 1.807) is 0 Å². The van der Waals surface area contributed by atoms with Gasteiger partial charge >= 0.3 is 0 Å². The van der Waals surface area contributed by atoms with E-state index in [1.807, 2.05) is 42.5 Å². The predicted octanol–water partition coefficient (Wildman–Crippen LogP) is 4.84. The van der Waals surface area contributed by atoms with Crippen LogP contribution in [0.1, 0.15) is 12.5 Å². The van der Waals surface area contributed by atoms with Gasteiger partial charge in [-0.1, -0.05) is 70.1 Å². The van der Waals surface area contributed by atoms with Crippen molar-refractivity contribution in [2.24, 2.45) is 23.7 Å². The van der Waals surface area contributed by atoms with Gasteiger partial charge in [-0.2, -0.15) is 0 Å². The zero-order chi connectivity index (χ0) is 18.7. The molecule has 2 bridgehead atoms. The van der Waals surface area contributed by atoms with Crippen LogP contribution in [0.25, 0.3) is 5.57 Å². The molecular weight excluding hydrogens is 402 g/mol. The summed E-state index contributed by atoms with van der Waals surface area (Å²) in [5.41, 5.74) is 4.25. The van der Waals surface area contributed by atoms with Crippen LogP contribution in [0.15, 0.2) is 76.8 Å². The van der Waals surface area contributed by atoms with Gasteiger partial charge < -0.3 is 0 Å². The summed E-state index contributed by atoms with van der Waals surface area (Å²) in [6.45, 7) is 2.11. The van der Waals surface area contributed by atoms with Gasteiger partial charge in [0.05, 0.1) is 17.5 Å². The van der Waals surface area contributed by atoms with Crippen molar-refractivity contribution in [3.63, 3.8) is 0 Å². The number of fused-ring (bicyclic) bond motifs is 5. The highest BCUT2D eigenvalue weighted by atomic mass is 79.9. The second-order valence-electron chi connectivity index (χ2n) is 7.43. The number of amides is 2. The van der Waals surface area contributed by atoms with Crippen LogP contribution >= 0.6 is 15.9 Å². The largest absolute Gasteiger partial charge is 0.274 e. The van der Waals surface area contributed by atoms with Gasteiger partial charge in [0.15, 0.2) is 0 Å². The maximum absolute atomic E-state index is 13.2. The third-order valence-corrected chi connectivity index (χ3v) is 6.62. The maximum atomic E-state index is 13.2. The Labute approximate surface area is 166 Å². The molecule has 27 heavy (non-hydrogen) atoms. The minimum absolute atomic E-state index is 0.0220. The number of anilines is 1. The van der Waals surface area contributed by atoms with Gasteiger partial charge in [-0.05, 0) is 36.3 Å². The second kappa shape index (κ2) is 6.03. The molecule has 1 saturated carbocycles. The van der Waals surface area contributed by atoms with E-state index in [-0.39, 0.29) is 35.5 Å². The van der Waals surface area contributed by atoms with Crippen molar-refractivity contribution in [2.75, 3.05) is 4.90 Å². The molecule has 3 aliphatic rings. The van der Waals surface area contributed by atoms with Gasteiger partial charge in [0.2, 0.25) is 11.8 Å². The molecule has 2 fully saturated rings. The van der Waals surface area contributed by atoms with Crippen LogP contribution in [-0.4, -0.2) is 11.8 Å². The van der Waals surface area contributed by atoms with E-state index < -0.39 is 0 Å². The topological polar surface area (TPSA) is 37.4 Å². The Morgan fingerprint density at radius 1 is 0.889 bits per heavy atom. The van der Waals surface area contributed by atoms with Gasteiger partial charge in [0.1, 0.15) is 0 Å². The van der Waals surface area contributed by atoms with E-state index in [1.165, 1.54) is 16.0 Å². The first-order valence-electron chi connectivity index (χ1n) is 9.15. The number of halogens is 1. The third-order valence-electron chi connectivity index (χ3n) is 6.12. The smallest absolute Gasteiger partial charge is 0.238 e. The van der Waals surface area contributed by atoms with Crippen LogP contribution in [0.2, 0.25) is 0 Å². The molecule has 1 heterocycles. The fourth-order valence-electron chi connectivity index (χ4n) is 4.99. The lowest BCUT2D eigenvalue weighted by atomic mass is 9.85. The number of imide groups is 1. The Hall–Kier alpha value is -2.46. The van der Waals surface area contributed by atoms with Gasteiger partial charge in [0.25, 0.3) is 0 Å². The van der Waals surface area contributed by atoms with Gasteiger partial charge in [-0.15, -0.1) is 0 Å². The summed E-state index contributed by atoms with van der Waals surface area (Å²) in [5, 5.41) is 0. The minimum Gasteiger partial charge on any atom is -0.274 e. The zero-order valence-electron chi connectivity index (χ0n) is 14.8. The van der Waals surface area contributed by atoms with E-state index in [4.69, 9.17) is 0 Å². The summed E-state index contributed by atoms with van der Waals surface area (Å²) in [6.07, 6.45) is 4.26. The van der Waals surface area contributed by atoms with Gasteiger partial charge in [-0.25, -0.2) is 4.90 Å². The normalized spacial score (nSPS) is 30.2. The molecule has 0 spiro atoms. The number of carbonyl (C=O) groups excluding carboxylic acids is 2. The van der Waals surface area contributed by atoms with Gasteiger partial charge in [-0.3, -0.25) is 9.59 Å². The van der Waals surface area contributed by atoms with E-state index in [0.29, 0.717) is 5.69 Å². The van der Waals surface area contributed by atoms with Crippen molar-refractivity contribution >= 4 is 39.0 Å². The van der Waals surface area contributed by atoms with E-state index >= 15 is 0 Å². The molecule has 134 valence electrons. The molecule has 4 heteroatoms. The van der Waals surface area contributed by atoms with Crippen molar-refractivity contribution in [1.29, 1.82) is 0 Å². The van der Waals surface area contributed by atoms with Crippen molar-refractivity contribution in [2.45, 2.75) is 6.92 Å². The van der Waals surface area contributed by atoms with Crippen LogP contribution in [0.3, 0.4) is 0 Å². The molecule has 2 amide bonds. The molecule has 3 nitrogen and oxygen atoms in total. The summed E-state index contributed by atoms with van der Waals surface area (Å²) in [7, 11) is 0. The fourth-order valence-corrected chi connectivity index (χ4v) is 5.37. The number of rotatable bonds is 2. The molecule has 1 aliphatic heterocycles. The quantitative estimate of drug-likeness (QED) is 0.515. The first-order chi connectivity index (χ1) is 13.1. The Kier molecular flexibility index (Phi) is 3.73. The zero-order valence-corrected chi connectivity index (χ0v) is 16.4. The van der Waals surface area contributed by atoms with Crippen LogP contribution in [-0.2, 0) is 9.59 Å². The number of allylic oxidation sites excluding steroid dienone is 4. The first kappa shape index (κ1) is 16.7. The molecule has 2 aromatic carbocycles. The second-order valence-corrected chi connectivity index (χ2v) is 8.34. The Balaban J connectivity index is 1.56. The number of hydrogen-bond donors (Lipinski definition) is 0. The van der Waals surface area contributed by atoms with Crippen molar-refractivity contribution in [3.8, 4) is 0 Å². The maximum Gasteiger partial charge on any atom is 0.238 e. The summed E-state index contributed by atoms with van der Waals surface area (Å²) in [6, 6.07) is 17.6. The summed E-state index contributed by atoms with van der Waals surface area (Å²) >= 11 is 3.43. The van der Waals surface area contributed by atoms with E-state index in [0.717, 1.165) is 10.0 Å². The average Bonchev–Trinajstić information content (AvgIpc) is 3.31. The Bertz CT molecular complexity index is 990. The lowest BCUT2D eigenvalue weighted by Gasteiger charge is -2.20. The fraction of sp³-hybridized carbons (Fsp3) is 0.217. The highest BCUT2D eigenvalue weighted by molar-refractivity contribution is 9.10. The molecule has 1 saturated heterocycles. The molecule has 4 atom stereocenters. The highest BCUT2D eigenvalue weighted by Gasteiger charge is 2.62. The van der Waals surface area contributed by atoms with Crippen molar-refractivity contribution in [3.05, 3.63) is 82.4 Å². The molecule has 2 aliphatic carbocycles. The molecular formula is C23H18BrNO2. The highest BCUT2D eigenvalue weighted by Crippen LogP contribution is 2.58. The molecule has 0 radical (unpaired) electrons. The number of carbonyl (C=O) groups is 2. The lowest BCUT2D eigenvalue weighted by molar-refractivity contribution is -0.122. The standard InChI is InChI=1S/C23H18BrNO2/c1-13(14-6-3-2-4-7-14)19-17-10-11-18(19)21-20(17)22(26)25(23(21)27)16-9-5-8-15(24)12-16/h2-12,17-18,20-21H,1H3/t17-,18-,20-,21+/m1/s1. The summed E-state index contributed by atoms with van der Waals surface area (Å²) < 4.78 is 0.860. The Morgan fingerprint density at radius 2 is 1.52 bits per heavy atom. The molecule has 0 N–H and O–H groups in total. The minimum atomic E-state index is -0.278. The van der Waals surface area contributed by atoms with Gasteiger partial charge in [0, 0.05) is 16.3 Å². The van der Waals surface area contributed by atoms with Crippen molar-refractivity contribution < 1.29 is 9.59 Å². The molecule has 0 aromatic heterocycles. The first-order valence-corrected chi connectivity index (χ1v) is 9.95. The number of hydrogen-bond acceptors (Lipinski definition) is 2. The number of nitrogens with zero attached hydrogens (tertiary/aromatic N) is 1. The Morgan fingerprint density at radius 3 is 2.11 bits per heavy atom. The predicted molar refractivity (Wildman–Crippen MR) is 109 cm³/mol. The van der Waals surface area contributed by atoms with Crippen LogP contribution in [0.5, 0.6) is 0 Å². The molecule has 2 aromatic rings. The third kappa shape index (κ3) is 2.32. The van der Waals surface area contributed by atoms with E-state index in [2.05, 4.69) is 47.1 Å².